The number of fused-ring (bicyclic) bond motifs is 6. The number of nitrogens with one attached hydrogen (secondary N) is 5. The van der Waals surface area contributed by atoms with E-state index in [1.807, 2.05) is 12.1 Å². The number of rotatable bonds is 29. The highest BCUT2D eigenvalue weighted by Gasteiger charge is 2.46. The number of benzene rings is 5. The van der Waals surface area contributed by atoms with Crippen LogP contribution in [0.4, 0.5) is 31.4 Å². The van der Waals surface area contributed by atoms with Crippen LogP contribution in [0.25, 0.3) is 21.5 Å². The Labute approximate surface area is 596 Å². The van der Waals surface area contributed by atoms with Gasteiger partial charge >= 0.3 is 18.2 Å². The minimum Gasteiger partial charge on any atom is -0.465 e. The highest BCUT2D eigenvalue weighted by Crippen LogP contribution is 2.49. The second kappa shape index (κ2) is 33.7. The van der Waals surface area contributed by atoms with Gasteiger partial charge in [0.1, 0.15) is 48.3 Å². The first-order chi connectivity index (χ1) is 48.2. The quantitative estimate of drug-likeness (QED) is 0.0197. The van der Waals surface area contributed by atoms with Gasteiger partial charge in [-0.2, -0.15) is 0 Å². The molecule has 6 aromatic rings. The van der Waals surface area contributed by atoms with Gasteiger partial charge in [-0.05, 0) is 120 Å². The summed E-state index contributed by atoms with van der Waals surface area (Å²) in [6.45, 7) is 4.61. The van der Waals surface area contributed by atoms with Crippen molar-refractivity contribution < 1.29 is 83.3 Å². The summed E-state index contributed by atoms with van der Waals surface area (Å²) in [5.74, 6) is -4.41. The molecule has 542 valence electrons. The molecular formula is C70H85Cl2N11O17S. The minimum absolute atomic E-state index is 0.00115. The highest BCUT2D eigenvalue weighted by molar-refractivity contribution is 7.16. The number of carbonyl (C=O) groups excluding carboxylic acids is 7. The van der Waals surface area contributed by atoms with E-state index in [1.165, 1.54) is 43.0 Å². The van der Waals surface area contributed by atoms with Crippen molar-refractivity contribution in [2.45, 2.75) is 132 Å². The van der Waals surface area contributed by atoms with Crippen LogP contribution in [0.5, 0.6) is 5.75 Å². The summed E-state index contributed by atoms with van der Waals surface area (Å²) in [5, 5.41) is 79.5. The first-order valence-corrected chi connectivity index (χ1v) is 35.0. The topological polar surface area (TPSA) is 419 Å². The minimum atomic E-state index is -1.73. The number of anilines is 3. The molecule has 1 fully saturated rings. The Balaban J connectivity index is 0.992. The van der Waals surface area contributed by atoms with Gasteiger partial charge in [-0.15, -0.1) is 34.5 Å². The fourth-order valence-corrected chi connectivity index (χ4v) is 14.8. The van der Waals surface area contributed by atoms with E-state index >= 15 is 4.79 Å². The average molecular weight is 1460 g/mol. The van der Waals surface area contributed by atoms with Crippen LogP contribution in [0.2, 0.25) is 0 Å². The van der Waals surface area contributed by atoms with Crippen molar-refractivity contribution in [1.29, 1.82) is 0 Å². The van der Waals surface area contributed by atoms with Gasteiger partial charge in [-0.3, -0.25) is 28.8 Å². The maximum absolute atomic E-state index is 15.3. The zero-order chi connectivity index (χ0) is 73.3. The lowest BCUT2D eigenvalue weighted by atomic mass is 9.85. The van der Waals surface area contributed by atoms with Crippen molar-refractivity contribution in [3.63, 3.8) is 0 Å². The highest BCUT2D eigenvalue weighted by atomic mass is 35.5. The number of amides is 10. The second-order valence-electron chi connectivity index (χ2n) is 25.8. The number of carboxylic acid groups (broad SMARTS) is 2. The van der Waals surface area contributed by atoms with Gasteiger partial charge in [0.15, 0.2) is 0 Å². The van der Waals surface area contributed by atoms with Crippen molar-refractivity contribution in [3.05, 3.63) is 129 Å². The largest absolute Gasteiger partial charge is 0.465 e. The average Bonchev–Trinajstić information content (AvgIpc) is 1.66. The Bertz CT molecular complexity index is 4050. The number of primary amides is 1. The Kier molecular flexibility index (Phi) is 25.5. The number of likely N-dealkylation sites (N-methyl/N-ethyl adjacent to an activating group) is 2. The molecule has 3 aliphatic rings. The lowest BCUT2D eigenvalue weighted by Gasteiger charge is -2.39. The summed E-state index contributed by atoms with van der Waals surface area (Å²) in [6, 6.07) is 20.4. The van der Waals surface area contributed by atoms with Gasteiger partial charge in [-0.1, -0.05) is 74.5 Å². The molecule has 4 heterocycles. The van der Waals surface area contributed by atoms with E-state index in [1.54, 1.807) is 86.6 Å². The molecule has 3 aliphatic heterocycles. The molecule has 12 atom stereocenters. The van der Waals surface area contributed by atoms with Crippen LogP contribution in [0.3, 0.4) is 0 Å². The van der Waals surface area contributed by atoms with Gasteiger partial charge in [0.2, 0.25) is 29.9 Å². The maximum Gasteiger partial charge on any atom is 0.407 e. The van der Waals surface area contributed by atoms with Gasteiger partial charge in [0.25, 0.3) is 11.8 Å². The van der Waals surface area contributed by atoms with Gasteiger partial charge in [-0.25, -0.2) is 14.4 Å². The van der Waals surface area contributed by atoms with Crippen LogP contribution >= 0.6 is 34.5 Å². The van der Waals surface area contributed by atoms with Crippen molar-refractivity contribution in [1.82, 2.24) is 31.1 Å². The number of hydrogen-bond donors (Lipinski definition) is 13. The Morgan fingerprint density at radius 1 is 0.683 bits per heavy atom. The van der Waals surface area contributed by atoms with Crippen molar-refractivity contribution in [2.75, 3.05) is 73.8 Å². The summed E-state index contributed by atoms with van der Waals surface area (Å²) in [6.07, 6.45) is -9.23. The van der Waals surface area contributed by atoms with Gasteiger partial charge in [0.05, 0.1) is 34.1 Å². The predicted octanol–water partition coefficient (Wildman–Crippen LogP) is 5.72. The molecule has 10 amide bonds. The number of aliphatic hydroxyl groups excluding tert-OH is 4. The number of ether oxygens (including phenoxy) is 2. The van der Waals surface area contributed by atoms with Crippen LogP contribution < -0.4 is 52.6 Å². The standard InChI is InChI=1S/C70H85Cl2N11O17S/c1-35(2)57(79-63(90)46(76-36(3)85)17-10-11-25-73)64(91)78-47(18-12-26-75-68(74)94)62(89)77-40-21-19-37(20-22-40)27-50(80(4)69(95)96)58(81(5)70(97)98)45-28-48-55(43-15-8-6-13-41(43)45)38(30-71)32-82(48)65(92)53-23-24-54(101-53)66(93)83-33-39(31-72)56-44-16-9-7-14-42(44)51(29-49(56)83)99-67-61(88)60(87)59(86)52(34-84)100-67/h6-9,13-16,19-24,28-29,35,38-39,46-47,50,52,57-61,67,84,86-88H,10-12,17-18,25-27,30-34,73H2,1-5H3,(H,76,85)(H,77,89)(H,78,91)(H,79,90)(H,95,96)(H,97,98)(H3,74,75,94)/t38-,39-,46+,47+,50?,52-,57+,58?,59+,60+,61-,67-/m1/s1. The number of carbonyl (C=O) groups is 9. The predicted molar refractivity (Wildman–Crippen MR) is 380 cm³/mol. The fraction of sp³-hybridized carbons (Fsp3) is 0.443. The third kappa shape index (κ3) is 17.0. The monoisotopic (exact) mass is 1450 g/mol. The van der Waals surface area contributed by atoms with Crippen LogP contribution in [0.1, 0.15) is 112 Å². The number of thiophene rings is 1. The molecule has 1 saturated heterocycles. The maximum atomic E-state index is 15.3. The molecule has 28 nitrogen and oxygen atoms in total. The van der Waals surface area contributed by atoms with E-state index in [2.05, 4.69) is 26.6 Å². The van der Waals surface area contributed by atoms with Crippen molar-refractivity contribution in [2.24, 2.45) is 17.4 Å². The number of urea groups is 1. The summed E-state index contributed by atoms with van der Waals surface area (Å²) < 4.78 is 11.9. The van der Waals surface area contributed by atoms with E-state index in [9.17, 15) is 69.0 Å². The van der Waals surface area contributed by atoms with Gasteiger partial charge in [0, 0.05) is 87.1 Å². The number of halogens is 2. The number of nitrogens with two attached hydrogens (primary N) is 2. The Morgan fingerprint density at radius 2 is 1.24 bits per heavy atom. The van der Waals surface area contributed by atoms with E-state index < -0.39 is 133 Å². The smallest absolute Gasteiger partial charge is 0.407 e. The number of hydrogen-bond acceptors (Lipinski definition) is 17. The first-order valence-electron chi connectivity index (χ1n) is 33.1. The molecule has 5 aromatic carbocycles. The van der Waals surface area contributed by atoms with E-state index in [0.29, 0.717) is 69.0 Å². The molecule has 1 aromatic heterocycles. The number of unbranched alkanes of at least 4 members (excludes halogenated alkanes) is 1. The molecule has 0 bridgehead atoms. The number of alkyl halides is 2. The zero-order valence-electron chi connectivity index (χ0n) is 56.2. The fourth-order valence-electron chi connectivity index (χ4n) is 13.4. The molecule has 31 heteroatoms. The lowest BCUT2D eigenvalue weighted by molar-refractivity contribution is -0.277. The number of aliphatic hydroxyl groups is 4. The molecule has 9 rings (SSSR count). The summed E-state index contributed by atoms with van der Waals surface area (Å²) in [7, 11) is 2.64. The molecule has 15 N–H and O–H groups in total. The third-order valence-electron chi connectivity index (χ3n) is 18.7. The third-order valence-corrected chi connectivity index (χ3v) is 20.5. The first kappa shape index (κ1) is 76.3. The van der Waals surface area contributed by atoms with Crippen LogP contribution in [-0.4, -0.2) is 208 Å². The normalized spacial score (nSPS) is 20.0. The zero-order valence-corrected chi connectivity index (χ0v) is 58.5. The molecule has 0 saturated carbocycles. The van der Waals surface area contributed by atoms with E-state index in [-0.39, 0.29) is 84.2 Å². The Hall–Kier alpha value is -8.91. The molecule has 0 radical (unpaired) electrons. The van der Waals surface area contributed by atoms with E-state index in [4.69, 9.17) is 44.1 Å². The van der Waals surface area contributed by atoms with Gasteiger partial charge < -0.3 is 97.8 Å². The second-order valence-corrected chi connectivity index (χ2v) is 27.5. The van der Waals surface area contributed by atoms with Crippen molar-refractivity contribution >= 4 is 127 Å². The summed E-state index contributed by atoms with van der Waals surface area (Å²) in [4.78, 5) is 128. The molecule has 0 aliphatic carbocycles. The van der Waals surface area contributed by atoms with Crippen LogP contribution in [-0.2, 0) is 30.3 Å². The Morgan fingerprint density at radius 3 is 1.78 bits per heavy atom. The van der Waals surface area contributed by atoms with Crippen LogP contribution in [0, 0.1) is 5.92 Å². The summed E-state index contributed by atoms with van der Waals surface area (Å²) >= 11 is 14.3. The lowest BCUT2D eigenvalue weighted by Crippen LogP contribution is -2.60. The van der Waals surface area contributed by atoms with Crippen molar-refractivity contribution in [3.8, 4) is 5.75 Å². The summed E-state index contributed by atoms with van der Waals surface area (Å²) in [5.41, 5.74) is 14.3. The SMILES string of the molecule is CC(=O)N[C@@H](CCCCN)C(=O)N[C@H](C(=O)N[C@@H](CCCNC(N)=O)C(=O)Nc1ccc(CC(C(c2cc3c(c4ccccc24)[C@H](CCl)CN3C(=O)c2ccc(C(=O)N3C[C@@H](CCl)c4c3cc(O[C@@H]3O[C@H](CO)[C@H](O)[C@H](O)[C@H]3O)c3ccccc43)s2)N(C)C(=O)O)N(C)C(=O)O)cc1)C(C)C. The number of nitrogens with zero attached hydrogens (tertiary/aromatic N) is 4. The molecular weight excluding hydrogens is 1370 g/mol. The molecule has 101 heavy (non-hydrogen) atoms. The molecule has 2 unspecified atom stereocenters. The molecule has 0 spiro atoms. The van der Waals surface area contributed by atoms with E-state index in [0.717, 1.165) is 26.7 Å². The van der Waals surface area contributed by atoms with Crippen LogP contribution in [0.15, 0.2) is 97.1 Å².